The maximum Gasteiger partial charge on any atom is 0.246 e. The summed E-state index contributed by atoms with van der Waals surface area (Å²) in [5.41, 5.74) is 0. The number of ether oxygens (including phenoxy) is 1. The number of halogens is 3. The Labute approximate surface area is 185 Å². The lowest BCUT2D eigenvalue weighted by Gasteiger charge is -2.26. The summed E-state index contributed by atoms with van der Waals surface area (Å²) < 4.78 is 3.88. The topological polar surface area (TPSA) is 38.3 Å². The van der Waals surface area contributed by atoms with E-state index < -0.39 is 10.0 Å². The second-order valence-electron chi connectivity index (χ2n) is 7.21. The van der Waals surface area contributed by atoms with Crippen molar-refractivity contribution in [2.45, 2.75) is 94.0 Å². The molecule has 1 unspecified atom stereocenters. The van der Waals surface area contributed by atoms with E-state index >= 15 is 0 Å². The van der Waals surface area contributed by atoms with Crippen molar-refractivity contribution < 1.29 is 9.53 Å². The van der Waals surface area contributed by atoms with Gasteiger partial charge in [0.05, 0.1) is 0 Å². The SMILES string of the molecule is CCCCCCCCCCCCCC(=O)NC(Oc1ccccc1)C(Cl)(Cl)Cl. The first-order valence-corrected chi connectivity index (χ1v) is 11.6. The van der Waals surface area contributed by atoms with Crippen LogP contribution in [0.25, 0.3) is 0 Å². The first-order chi connectivity index (χ1) is 13.4. The first kappa shape index (κ1) is 25.4. The average molecular weight is 451 g/mol. The lowest BCUT2D eigenvalue weighted by Crippen LogP contribution is -2.47. The van der Waals surface area contributed by atoms with Crippen LogP contribution in [0, 0.1) is 0 Å². The Hall–Kier alpha value is -0.640. The summed E-state index contributed by atoms with van der Waals surface area (Å²) in [7, 11) is 0. The monoisotopic (exact) mass is 449 g/mol. The van der Waals surface area contributed by atoms with Crippen molar-refractivity contribution in [3.05, 3.63) is 30.3 Å². The molecule has 0 bridgehead atoms. The van der Waals surface area contributed by atoms with Crippen molar-refractivity contribution in [2.75, 3.05) is 0 Å². The van der Waals surface area contributed by atoms with Crippen molar-refractivity contribution in [1.82, 2.24) is 5.32 Å². The maximum absolute atomic E-state index is 12.2. The molecule has 0 aromatic heterocycles. The average Bonchev–Trinajstić information content (AvgIpc) is 2.65. The number of para-hydroxylation sites is 1. The zero-order valence-corrected chi connectivity index (χ0v) is 19.2. The highest BCUT2D eigenvalue weighted by Crippen LogP contribution is 2.32. The van der Waals surface area contributed by atoms with Gasteiger partial charge >= 0.3 is 0 Å². The normalized spacial score (nSPS) is 12.6. The van der Waals surface area contributed by atoms with Crippen molar-refractivity contribution in [3.8, 4) is 5.75 Å². The Bertz CT molecular complexity index is 520. The number of alkyl halides is 3. The molecule has 28 heavy (non-hydrogen) atoms. The zero-order chi connectivity index (χ0) is 20.7. The van der Waals surface area contributed by atoms with E-state index in [1.807, 2.05) is 18.2 Å². The molecule has 1 rings (SSSR count). The molecule has 1 amide bonds. The molecule has 0 aliphatic heterocycles. The summed E-state index contributed by atoms with van der Waals surface area (Å²) in [6, 6.07) is 9.00. The van der Waals surface area contributed by atoms with E-state index in [0.29, 0.717) is 12.2 Å². The van der Waals surface area contributed by atoms with Gasteiger partial charge in [0.2, 0.25) is 15.9 Å². The van der Waals surface area contributed by atoms with Crippen LogP contribution in [0.1, 0.15) is 84.0 Å². The fourth-order valence-electron chi connectivity index (χ4n) is 2.98. The van der Waals surface area contributed by atoms with Crippen LogP contribution < -0.4 is 10.1 Å². The molecule has 1 aromatic rings. The van der Waals surface area contributed by atoms with Crippen molar-refractivity contribution in [2.24, 2.45) is 0 Å². The van der Waals surface area contributed by atoms with Crippen LogP contribution in [-0.2, 0) is 4.79 Å². The molecule has 1 N–H and O–H groups in total. The maximum atomic E-state index is 12.2. The fourth-order valence-corrected chi connectivity index (χ4v) is 3.28. The molecule has 0 fully saturated rings. The van der Waals surface area contributed by atoms with Crippen LogP contribution >= 0.6 is 34.8 Å². The highest BCUT2D eigenvalue weighted by molar-refractivity contribution is 6.68. The van der Waals surface area contributed by atoms with E-state index in [4.69, 9.17) is 39.5 Å². The molecule has 0 aliphatic carbocycles. The second-order valence-corrected chi connectivity index (χ2v) is 9.57. The van der Waals surface area contributed by atoms with Crippen LogP contribution in [0.2, 0.25) is 0 Å². The molecule has 0 saturated carbocycles. The van der Waals surface area contributed by atoms with Gasteiger partial charge in [0.1, 0.15) is 5.75 Å². The number of benzene rings is 1. The lowest BCUT2D eigenvalue weighted by molar-refractivity contribution is -0.123. The lowest BCUT2D eigenvalue weighted by atomic mass is 10.1. The van der Waals surface area contributed by atoms with Gasteiger partial charge in [-0.3, -0.25) is 4.79 Å². The van der Waals surface area contributed by atoms with Crippen LogP contribution in [0.4, 0.5) is 0 Å². The van der Waals surface area contributed by atoms with Gasteiger partial charge in [0.15, 0.2) is 0 Å². The Kier molecular flexibility index (Phi) is 13.8. The summed E-state index contributed by atoms with van der Waals surface area (Å²) in [5.74, 6) is 0.372. The van der Waals surface area contributed by atoms with Gasteiger partial charge < -0.3 is 10.1 Å². The van der Waals surface area contributed by atoms with Gasteiger partial charge in [-0.15, -0.1) is 0 Å². The minimum absolute atomic E-state index is 0.164. The van der Waals surface area contributed by atoms with Crippen LogP contribution in [-0.4, -0.2) is 15.9 Å². The Morgan fingerprint density at radius 1 is 0.893 bits per heavy atom. The highest BCUT2D eigenvalue weighted by Gasteiger charge is 2.36. The number of nitrogens with one attached hydrogen (secondary N) is 1. The van der Waals surface area contributed by atoms with E-state index in [-0.39, 0.29) is 5.91 Å². The molecule has 0 spiro atoms. The summed E-state index contributed by atoms with van der Waals surface area (Å²) >= 11 is 17.9. The van der Waals surface area contributed by atoms with Crippen molar-refractivity contribution in [3.63, 3.8) is 0 Å². The van der Waals surface area contributed by atoms with Gasteiger partial charge in [0, 0.05) is 6.42 Å². The predicted octanol–water partition coefficient (Wildman–Crippen LogP) is 7.58. The molecule has 0 aliphatic rings. The standard InChI is InChI=1S/C22H34Cl3NO2/c1-2-3-4-5-6-7-8-9-10-11-15-18-20(27)26-21(22(23,24)25)28-19-16-13-12-14-17-19/h12-14,16-17,21H,2-11,15,18H2,1H3,(H,26,27). The summed E-state index contributed by atoms with van der Waals surface area (Å²) in [6.07, 6.45) is 13.0. The minimum Gasteiger partial charge on any atom is -0.466 e. The highest BCUT2D eigenvalue weighted by atomic mass is 35.6. The van der Waals surface area contributed by atoms with E-state index in [1.165, 1.54) is 51.4 Å². The number of amides is 1. The Morgan fingerprint density at radius 3 is 1.89 bits per heavy atom. The molecule has 0 radical (unpaired) electrons. The van der Waals surface area contributed by atoms with E-state index in [2.05, 4.69) is 12.2 Å². The molecule has 6 heteroatoms. The molecular formula is C22H34Cl3NO2. The van der Waals surface area contributed by atoms with Crippen LogP contribution in [0.5, 0.6) is 5.75 Å². The molecule has 0 saturated heterocycles. The number of hydrogen-bond acceptors (Lipinski definition) is 2. The Morgan fingerprint density at radius 2 is 1.39 bits per heavy atom. The van der Waals surface area contributed by atoms with E-state index in [1.54, 1.807) is 12.1 Å². The third kappa shape index (κ3) is 12.7. The van der Waals surface area contributed by atoms with Gasteiger partial charge in [-0.2, -0.15) is 0 Å². The molecule has 1 atom stereocenters. The second kappa shape index (κ2) is 15.2. The number of hydrogen-bond donors (Lipinski definition) is 1. The quantitative estimate of drug-likeness (QED) is 0.170. The third-order valence-electron chi connectivity index (χ3n) is 4.59. The number of rotatable bonds is 15. The third-order valence-corrected chi connectivity index (χ3v) is 5.19. The number of carbonyl (C=O) groups excluding carboxylic acids is 1. The minimum atomic E-state index is -1.75. The van der Waals surface area contributed by atoms with Gasteiger partial charge in [-0.1, -0.05) is 124 Å². The summed E-state index contributed by atoms with van der Waals surface area (Å²) in [5, 5.41) is 2.68. The zero-order valence-electron chi connectivity index (χ0n) is 16.9. The first-order valence-electron chi connectivity index (χ1n) is 10.5. The smallest absolute Gasteiger partial charge is 0.246 e. The van der Waals surface area contributed by atoms with Crippen LogP contribution in [0.3, 0.4) is 0 Å². The Balaban J connectivity index is 2.15. The van der Waals surface area contributed by atoms with Gasteiger partial charge in [0.25, 0.3) is 0 Å². The van der Waals surface area contributed by atoms with Crippen LogP contribution in [0.15, 0.2) is 30.3 Å². The largest absolute Gasteiger partial charge is 0.466 e. The molecular weight excluding hydrogens is 417 g/mol. The van der Waals surface area contributed by atoms with Gasteiger partial charge in [-0.25, -0.2) is 0 Å². The summed E-state index contributed by atoms with van der Waals surface area (Å²) in [4.78, 5) is 12.2. The van der Waals surface area contributed by atoms with Crippen molar-refractivity contribution >= 4 is 40.7 Å². The predicted molar refractivity (Wildman–Crippen MR) is 120 cm³/mol. The molecule has 1 aromatic carbocycles. The number of carbonyl (C=O) groups is 1. The van der Waals surface area contributed by atoms with Gasteiger partial charge in [-0.05, 0) is 18.6 Å². The van der Waals surface area contributed by atoms with E-state index in [0.717, 1.165) is 19.3 Å². The fraction of sp³-hybridized carbons (Fsp3) is 0.682. The molecule has 3 nitrogen and oxygen atoms in total. The number of unbranched alkanes of at least 4 members (excludes halogenated alkanes) is 10. The summed E-state index contributed by atoms with van der Waals surface area (Å²) in [6.45, 7) is 2.24. The van der Waals surface area contributed by atoms with Crippen molar-refractivity contribution in [1.29, 1.82) is 0 Å². The molecule has 0 heterocycles. The molecule has 160 valence electrons. The van der Waals surface area contributed by atoms with E-state index in [9.17, 15) is 4.79 Å².